The van der Waals surface area contributed by atoms with Gasteiger partial charge in [-0.25, -0.2) is 8.42 Å². The Morgan fingerprint density at radius 1 is 1.21 bits per heavy atom. The molecular weight excluding hydrogens is 266 g/mol. The zero-order valence-corrected chi connectivity index (χ0v) is 12.5. The third-order valence-electron chi connectivity index (χ3n) is 2.97. The van der Waals surface area contributed by atoms with Crippen molar-refractivity contribution in [1.29, 1.82) is 0 Å². The summed E-state index contributed by atoms with van der Waals surface area (Å²) >= 11 is 0. The third kappa shape index (κ3) is 3.84. The van der Waals surface area contributed by atoms with Crippen molar-refractivity contribution in [1.82, 2.24) is 0 Å². The Hall–Kier alpha value is -1.27. The minimum absolute atomic E-state index is 0.0963. The molecule has 19 heavy (non-hydrogen) atoms. The monoisotopic (exact) mass is 287 g/mol. The number of nitrogens with two attached hydrogens (primary N) is 1. The molecule has 108 valence electrons. The van der Waals surface area contributed by atoms with Gasteiger partial charge in [0.25, 0.3) is 0 Å². The van der Waals surface area contributed by atoms with Crippen molar-refractivity contribution in [2.45, 2.75) is 24.8 Å². The normalized spacial score (nSPS) is 13.4. The summed E-state index contributed by atoms with van der Waals surface area (Å²) in [5, 5.41) is 0. The van der Waals surface area contributed by atoms with Crippen LogP contribution in [0.25, 0.3) is 0 Å². The molecule has 0 aliphatic heterocycles. The van der Waals surface area contributed by atoms with Gasteiger partial charge in [-0.05, 0) is 18.1 Å². The lowest BCUT2D eigenvalue weighted by molar-refractivity contribution is 0.386. The number of sulfone groups is 1. The second kappa shape index (κ2) is 6.25. The van der Waals surface area contributed by atoms with Gasteiger partial charge >= 0.3 is 0 Å². The largest absolute Gasteiger partial charge is 0.497 e. The molecular formula is C13H21NO4S. The summed E-state index contributed by atoms with van der Waals surface area (Å²) < 4.78 is 34.8. The number of hydrogen-bond donors (Lipinski definition) is 1. The molecule has 0 heterocycles. The van der Waals surface area contributed by atoms with E-state index in [1.807, 2.05) is 13.8 Å². The first-order chi connectivity index (χ1) is 8.81. The summed E-state index contributed by atoms with van der Waals surface area (Å²) in [6.07, 6.45) is 0. The lowest BCUT2D eigenvalue weighted by Crippen LogP contribution is -2.34. The lowest BCUT2D eigenvalue weighted by Gasteiger charge is -2.17. The summed E-state index contributed by atoms with van der Waals surface area (Å²) in [6, 6.07) is 4.22. The van der Waals surface area contributed by atoms with E-state index in [1.165, 1.54) is 20.3 Å². The Bertz CT molecular complexity index is 525. The maximum Gasteiger partial charge on any atom is 0.183 e. The van der Waals surface area contributed by atoms with Gasteiger partial charge in [-0.1, -0.05) is 13.8 Å². The first kappa shape index (κ1) is 15.8. The van der Waals surface area contributed by atoms with E-state index in [2.05, 4.69) is 0 Å². The molecule has 0 amide bonds. The Labute approximate surface area is 114 Å². The third-order valence-corrected chi connectivity index (χ3v) is 4.81. The van der Waals surface area contributed by atoms with Crippen molar-refractivity contribution < 1.29 is 17.9 Å². The van der Waals surface area contributed by atoms with Gasteiger partial charge in [0.1, 0.15) is 16.4 Å². The highest BCUT2D eigenvalue weighted by molar-refractivity contribution is 7.91. The van der Waals surface area contributed by atoms with Gasteiger partial charge in [-0.2, -0.15) is 0 Å². The van der Waals surface area contributed by atoms with Gasteiger partial charge in [0.2, 0.25) is 0 Å². The molecule has 0 aromatic heterocycles. The summed E-state index contributed by atoms with van der Waals surface area (Å²) in [5.74, 6) is 0.811. The van der Waals surface area contributed by atoms with Crippen LogP contribution in [-0.4, -0.2) is 34.4 Å². The Morgan fingerprint density at radius 2 is 1.84 bits per heavy atom. The lowest BCUT2D eigenvalue weighted by atomic mass is 10.1. The molecule has 1 aromatic rings. The molecule has 0 aliphatic rings. The fraction of sp³-hybridized carbons (Fsp3) is 0.538. The van der Waals surface area contributed by atoms with E-state index in [0.29, 0.717) is 5.75 Å². The van der Waals surface area contributed by atoms with Crippen LogP contribution in [0.5, 0.6) is 11.5 Å². The fourth-order valence-electron chi connectivity index (χ4n) is 1.57. The highest BCUT2D eigenvalue weighted by Crippen LogP contribution is 2.29. The molecule has 1 unspecified atom stereocenters. The van der Waals surface area contributed by atoms with Crippen LogP contribution < -0.4 is 15.2 Å². The standard InChI is InChI=1S/C13H21NO4S/c1-9(2)11(14)8-19(15,16)13-6-5-10(17-3)7-12(13)18-4/h5-7,9,11H,8,14H2,1-4H3. The maximum absolute atomic E-state index is 12.3. The van der Waals surface area contributed by atoms with Gasteiger partial charge in [-0.15, -0.1) is 0 Å². The van der Waals surface area contributed by atoms with Crippen LogP contribution >= 0.6 is 0 Å². The minimum Gasteiger partial charge on any atom is -0.497 e. The van der Waals surface area contributed by atoms with Gasteiger partial charge < -0.3 is 15.2 Å². The van der Waals surface area contributed by atoms with Crippen LogP contribution in [-0.2, 0) is 9.84 Å². The van der Waals surface area contributed by atoms with Crippen molar-refractivity contribution >= 4 is 9.84 Å². The van der Waals surface area contributed by atoms with Crippen molar-refractivity contribution in [3.05, 3.63) is 18.2 Å². The molecule has 0 radical (unpaired) electrons. The van der Waals surface area contributed by atoms with Crippen LogP contribution in [0.2, 0.25) is 0 Å². The van der Waals surface area contributed by atoms with Gasteiger partial charge in [-0.3, -0.25) is 0 Å². The quantitative estimate of drug-likeness (QED) is 0.857. The number of rotatable bonds is 6. The molecule has 5 nitrogen and oxygen atoms in total. The highest BCUT2D eigenvalue weighted by Gasteiger charge is 2.24. The second-order valence-corrected chi connectivity index (χ2v) is 6.71. The smallest absolute Gasteiger partial charge is 0.183 e. The van der Waals surface area contributed by atoms with Crippen LogP contribution in [0, 0.1) is 5.92 Å². The summed E-state index contributed by atoms with van der Waals surface area (Å²) in [5.41, 5.74) is 5.84. The summed E-state index contributed by atoms with van der Waals surface area (Å²) in [6.45, 7) is 3.79. The van der Waals surface area contributed by atoms with Gasteiger partial charge in [0, 0.05) is 12.1 Å². The van der Waals surface area contributed by atoms with E-state index in [4.69, 9.17) is 15.2 Å². The van der Waals surface area contributed by atoms with Crippen LogP contribution in [0.4, 0.5) is 0 Å². The molecule has 2 N–H and O–H groups in total. The van der Waals surface area contributed by atoms with E-state index in [1.54, 1.807) is 12.1 Å². The number of hydrogen-bond acceptors (Lipinski definition) is 5. The second-order valence-electron chi connectivity index (χ2n) is 4.71. The predicted octanol–water partition coefficient (Wildman–Crippen LogP) is 1.46. The molecule has 0 bridgehead atoms. The first-order valence-electron chi connectivity index (χ1n) is 6.02. The zero-order chi connectivity index (χ0) is 14.6. The number of ether oxygens (including phenoxy) is 2. The molecule has 6 heteroatoms. The molecule has 1 aromatic carbocycles. The zero-order valence-electron chi connectivity index (χ0n) is 11.7. The Kier molecular flexibility index (Phi) is 5.20. The summed E-state index contributed by atoms with van der Waals surface area (Å²) in [4.78, 5) is 0.145. The highest BCUT2D eigenvalue weighted by atomic mass is 32.2. The van der Waals surface area contributed by atoms with Gasteiger partial charge in [0.05, 0.1) is 20.0 Å². The van der Waals surface area contributed by atoms with E-state index in [9.17, 15) is 8.42 Å². The van der Waals surface area contributed by atoms with E-state index < -0.39 is 15.9 Å². The Balaban J connectivity index is 3.14. The molecule has 0 aliphatic carbocycles. The molecule has 0 saturated carbocycles. The molecule has 1 atom stereocenters. The van der Waals surface area contributed by atoms with E-state index in [0.717, 1.165) is 0 Å². The molecule has 0 spiro atoms. The van der Waals surface area contributed by atoms with Gasteiger partial charge in [0.15, 0.2) is 9.84 Å². The van der Waals surface area contributed by atoms with Crippen molar-refractivity contribution in [3.63, 3.8) is 0 Å². The molecule has 0 fully saturated rings. The van der Waals surface area contributed by atoms with Crippen LogP contribution in [0.15, 0.2) is 23.1 Å². The first-order valence-corrected chi connectivity index (χ1v) is 7.67. The van der Waals surface area contributed by atoms with E-state index >= 15 is 0 Å². The fourth-order valence-corrected chi connectivity index (χ4v) is 3.36. The van der Waals surface area contributed by atoms with E-state index in [-0.39, 0.29) is 22.3 Å². The number of methoxy groups -OCH3 is 2. The summed E-state index contributed by atoms with van der Waals surface area (Å²) in [7, 11) is -0.540. The van der Waals surface area contributed by atoms with Crippen molar-refractivity contribution in [3.8, 4) is 11.5 Å². The minimum atomic E-state index is -3.48. The maximum atomic E-state index is 12.3. The average Bonchev–Trinajstić information content (AvgIpc) is 2.37. The van der Waals surface area contributed by atoms with Crippen LogP contribution in [0.3, 0.4) is 0 Å². The average molecular weight is 287 g/mol. The van der Waals surface area contributed by atoms with Crippen molar-refractivity contribution in [2.24, 2.45) is 11.7 Å². The molecule has 1 rings (SSSR count). The topological polar surface area (TPSA) is 78.6 Å². The van der Waals surface area contributed by atoms with Crippen LogP contribution in [0.1, 0.15) is 13.8 Å². The SMILES string of the molecule is COc1ccc(S(=O)(=O)CC(N)C(C)C)c(OC)c1. The molecule has 0 saturated heterocycles. The predicted molar refractivity (Wildman–Crippen MR) is 74.4 cm³/mol. The number of benzene rings is 1. The Morgan fingerprint density at radius 3 is 2.32 bits per heavy atom. The van der Waals surface area contributed by atoms with Crippen molar-refractivity contribution in [2.75, 3.05) is 20.0 Å².